The Kier molecular flexibility index (Phi) is 8.37. The molecule has 0 aromatic heterocycles. The van der Waals surface area contributed by atoms with Crippen molar-refractivity contribution in [3.63, 3.8) is 0 Å². The second-order valence-electron chi connectivity index (χ2n) is 9.61. The standard InChI is InChI=1S/C31H35NO6/c1-6-36-29(33)26-27(32(23-16-12-9-13-17-23)38-28(26)30(34)37-7-2)24-20-22(18-19-25(24)35-5)31(3,4)21-14-10-8-11-15-21/h8-20,26-28H,6-7H2,1-5H3/t26-,27-,28+/m1/s1. The lowest BCUT2D eigenvalue weighted by atomic mass is 9.76. The topological polar surface area (TPSA) is 74.3 Å². The van der Waals surface area contributed by atoms with Gasteiger partial charge in [0.15, 0.2) is 6.10 Å². The number of hydroxylamine groups is 1. The van der Waals surface area contributed by atoms with Crippen molar-refractivity contribution in [1.29, 1.82) is 0 Å². The first-order valence-corrected chi connectivity index (χ1v) is 12.9. The molecule has 7 nitrogen and oxygen atoms in total. The molecule has 1 aliphatic rings. The molecule has 0 radical (unpaired) electrons. The molecule has 1 saturated heterocycles. The Labute approximate surface area is 224 Å². The molecule has 0 unspecified atom stereocenters. The van der Waals surface area contributed by atoms with Crippen molar-refractivity contribution in [3.05, 3.63) is 95.6 Å². The maximum Gasteiger partial charge on any atom is 0.339 e. The summed E-state index contributed by atoms with van der Waals surface area (Å²) in [4.78, 5) is 32.7. The molecule has 3 atom stereocenters. The van der Waals surface area contributed by atoms with Gasteiger partial charge in [-0.1, -0.05) is 68.4 Å². The van der Waals surface area contributed by atoms with Gasteiger partial charge < -0.3 is 14.2 Å². The Balaban J connectivity index is 1.91. The lowest BCUT2D eigenvalue weighted by molar-refractivity contribution is -0.164. The molecule has 4 rings (SSSR count). The van der Waals surface area contributed by atoms with Crippen molar-refractivity contribution in [1.82, 2.24) is 0 Å². The van der Waals surface area contributed by atoms with E-state index in [4.69, 9.17) is 19.0 Å². The number of ether oxygens (including phenoxy) is 3. The molecule has 3 aromatic carbocycles. The monoisotopic (exact) mass is 517 g/mol. The Morgan fingerprint density at radius 1 is 0.842 bits per heavy atom. The van der Waals surface area contributed by atoms with Gasteiger partial charge >= 0.3 is 11.9 Å². The van der Waals surface area contributed by atoms with Crippen LogP contribution in [0.25, 0.3) is 0 Å². The Morgan fingerprint density at radius 3 is 2.05 bits per heavy atom. The number of esters is 2. The molecule has 3 aromatic rings. The molecule has 0 saturated carbocycles. The van der Waals surface area contributed by atoms with E-state index < -0.39 is 30.0 Å². The quantitative estimate of drug-likeness (QED) is 0.341. The molecule has 200 valence electrons. The van der Waals surface area contributed by atoms with Gasteiger partial charge in [0.1, 0.15) is 17.7 Å². The van der Waals surface area contributed by atoms with Gasteiger partial charge in [-0.25, -0.2) is 9.86 Å². The highest BCUT2D eigenvalue weighted by Crippen LogP contribution is 2.47. The number of hydrogen-bond donors (Lipinski definition) is 0. The molecule has 0 bridgehead atoms. The lowest BCUT2D eigenvalue weighted by Gasteiger charge is -2.31. The maximum atomic E-state index is 13.5. The minimum Gasteiger partial charge on any atom is -0.496 e. The van der Waals surface area contributed by atoms with Crippen molar-refractivity contribution in [2.24, 2.45) is 5.92 Å². The average molecular weight is 518 g/mol. The summed E-state index contributed by atoms with van der Waals surface area (Å²) in [5.41, 5.74) is 3.22. The van der Waals surface area contributed by atoms with Gasteiger partial charge in [-0.15, -0.1) is 0 Å². The summed E-state index contributed by atoms with van der Waals surface area (Å²) in [6.45, 7) is 8.09. The lowest BCUT2D eigenvalue weighted by Crippen LogP contribution is -2.36. The zero-order valence-electron chi connectivity index (χ0n) is 22.5. The summed E-state index contributed by atoms with van der Waals surface area (Å²) < 4.78 is 16.6. The normalized spacial score (nSPS) is 19.2. The fourth-order valence-electron chi connectivity index (χ4n) is 4.96. The highest BCUT2D eigenvalue weighted by Gasteiger charge is 2.54. The van der Waals surface area contributed by atoms with Crippen LogP contribution in [0.1, 0.15) is 50.4 Å². The van der Waals surface area contributed by atoms with Gasteiger partial charge in [0.25, 0.3) is 0 Å². The van der Waals surface area contributed by atoms with Crippen LogP contribution in [0.2, 0.25) is 0 Å². The van der Waals surface area contributed by atoms with Crippen LogP contribution >= 0.6 is 0 Å². The molecular formula is C31H35NO6. The minimum absolute atomic E-state index is 0.161. The Hall–Kier alpha value is -3.84. The third-order valence-electron chi connectivity index (χ3n) is 7.00. The fraction of sp³-hybridized carbons (Fsp3) is 0.355. The van der Waals surface area contributed by atoms with E-state index >= 15 is 0 Å². The molecule has 1 aliphatic heterocycles. The Morgan fingerprint density at radius 2 is 1.45 bits per heavy atom. The van der Waals surface area contributed by atoms with E-state index in [1.807, 2.05) is 66.7 Å². The van der Waals surface area contributed by atoms with Crippen LogP contribution in [0.5, 0.6) is 5.75 Å². The molecule has 38 heavy (non-hydrogen) atoms. The number of carbonyl (C=O) groups excluding carboxylic acids is 2. The average Bonchev–Trinajstić information content (AvgIpc) is 3.35. The zero-order chi connectivity index (χ0) is 27.3. The van der Waals surface area contributed by atoms with Gasteiger partial charge in [-0.3, -0.25) is 9.63 Å². The summed E-state index contributed by atoms with van der Waals surface area (Å²) in [5.74, 6) is -1.57. The molecule has 0 N–H and O–H groups in total. The minimum atomic E-state index is -1.19. The molecule has 0 spiro atoms. The number of nitrogens with zero attached hydrogens (tertiary/aromatic N) is 1. The van der Waals surface area contributed by atoms with Crippen LogP contribution in [0, 0.1) is 5.92 Å². The molecule has 1 fully saturated rings. The first kappa shape index (κ1) is 27.2. The van der Waals surface area contributed by atoms with E-state index in [0.29, 0.717) is 17.0 Å². The van der Waals surface area contributed by atoms with Crippen LogP contribution in [0.3, 0.4) is 0 Å². The van der Waals surface area contributed by atoms with E-state index in [2.05, 4.69) is 26.0 Å². The summed E-state index contributed by atoms with van der Waals surface area (Å²) in [7, 11) is 1.59. The highest BCUT2D eigenvalue weighted by atomic mass is 16.7. The number of carbonyl (C=O) groups is 2. The third kappa shape index (κ3) is 5.24. The number of hydrogen-bond acceptors (Lipinski definition) is 7. The third-order valence-corrected chi connectivity index (χ3v) is 7.00. The Bertz CT molecular complexity index is 1240. The van der Waals surface area contributed by atoms with Gasteiger partial charge in [0.05, 0.1) is 26.0 Å². The van der Waals surface area contributed by atoms with E-state index in [0.717, 1.165) is 11.1 Å². The van der Waals surface area contributed by atoms with Gasteiger partial charge in [-0.2, -0.15) is 0 Å². The van der Waals surface area contributed by atoms with Crippen molar-refractivity contribution >= 4 is 17.6 Å². The number of anilines is 1. The predicted octanol–water partition coefficient (Wildman–Crippen LogP) is 5.63. The first-order chi connectivity index (χ1) is 18.3. The first-order valence-electron chi connectivity index (χ1n) is 12.9. The maximum absolute atomic E-state index is 13.5. The molecule has 0 amide bonds. The summed E-state index contributed by atoms with van der Waals surface area (Å²) in [6.07, 6.45) is -1.19. The van der Waals surface area contributed by atoms with Crippen molar-refractivity contribution in [2.45, 2.75) is 45.3 Å². The second kappa shape index (κ2) is 11.7. The zero-order valence-corrected chi connectivity index (χ0v) is 22.5. The van der Waals surface area contributed by atoms with Crippen LogP contribution < -0.4 is 9.80 Å². The second-order valence-corrected chi connectivity index (χ2v) is 9.61. The van der Waals surface area contributed by atoms with Crippen LogP contribution in [-0.2, 0) is 29.3 Å². The number of para-hydroxylation sites is 1. The summed E-state index contributed by atoms with van der Waals surface area (Å²) in [6, 6.07) is 24.8. The number of rotatable bonds is 9. The van der Waals surface area contributed by atoms with Crippen molar-refractivity contribution in [3.8, 4) is 5.75 Å². The molecular weight excluding hydrogens is 482 g/mol. The van der Waals surface area contributed by atoms with E-state index in [9.17, 15) is 9.59 Å². The molecule has 1 heterocycles. The highest BCUT2D eigenvalue weighted by molar-refractivity contribution is 5.86. The number of benzene rings is 3. The van der Waals surface area contributed by atoms with Crippen LogP contribution in [-0.4, -0.2) is 38.4 Å². The fourth-order valence-corrected chi connectivity index (χ4v) is 4.96. The van der Waals surface area contributed by atoms with Crippen molar-refractivity contribution in [2.75, 3.05) is 25.4 Å². The van der Waals surface area contributed by atoms with Crippen LogP contribution in [0.15, 0.2) is 78.9 Å². The predicted molar refractivity (Wildman–Crippen MR) is 145 cm³/mol. The molecule has 0 aliphatic carbocycles. The number of methoxy groups -OCH3 is 1. The van der Waals surface area contributed by atoms with Gasteiger partial charge in [-0.05, 0) is 49.2 Å². The SMILES string of the molecule is CCOC(=O)[C@H]1[C@@H](C(=O)OCC)ON(c2ccccc2)[C@@H]1c1cc(C(C)(C)c2ccccc2)ccc1OC. The van der Waals surface area contributed by atoms with Gasteiger partial charge in [0, 0.05) is 11.0 Å². The van der Waals surface area contributed by atoms with E-state index in [1.54, 1.807) is 26.0 Å². The smallest absolute Gasteiger partial charge is 0.339 e. The van der Waals surface area contributed by atoms with E-state index in [1.165, 1.54) is 0 Å². The molecule has 7 heteroatoms. The van der Waals surface area contributed by atoms with Crippen molar-refractivity contribution < 1.29 is 28.6 Å². The largest absolute Gasteiger partial charge is 0.496 e. The van der Waals surface area contributed by atoms with Gasteiger partial charge in [0.2, 0.25) is 0 Å². The van der Waals surface area contributed by atoms with E-state index in [-0.39, 0.29) is 18.6 Å². The summed E-state index contributed by atoms with van der Waals surface area (Å²) >= 11 is 0. The summed E-state index contributed by atoms with van der Waals surface area (Å²) in [5, 5.41) is 1.61. The van der Waals surface area contributed by atoms with Crippen LogP contribution in [0.4, 0.5) is 5.69 Å².